The van der Waals surface area contributed by atoms with Gasteiger partial charge < -0.3 is 5.73 Å². The molecule has 0 amide bonds. The van der Waals surface area contributed by atoms with Gasteiger partial charge in [-0.15, -0.1) is 11.3 Å². The van der Waals surface area contributed by atoms with E-state index in [2.05, 4.69) is 19.9 Å². The molecule has 0 spiro atoms. The second kappa shape index (κ2) is 4.40. The zero-order valence-electron chi connectivity index (χ0n) is 7.95. The molecule has 0 fully saturated rings. The van der Waals surface area contributed by atoms with Gasteiger partial charge >= 0.3 is 0 Å². The summed E-state index contributed by atoms with van der Waals surface area (Å²) in [6.45, 7) is 4.31. The molecule has 13 heavy (non-hydrogen) atoms. The summed E-state index contributed by atoms with van der Waals surface area (Å²) in [6.07, 6.45) is 1.09. The van der Waals surface area contributed by atoms with Gasteiger partial charge in [0.2, 0.25) is 0 Å². The Labute approximate surface area is 83.0 Å². The Morgan fingerprint density at radius 1 is 1.69 bits per heavy atom. The van der Waals surface area contributed by atoms with Crippen LogP contribution in [0.3, 0.4) is 0 Å². The first-order valence-corrected chi connectivity index (χ1v) is 5.31. The Morgan fingerprint density at radius 2 is 2.38 bits per heavy atom. The van der Waals surface area contributed by atoms with Crippen molar-refractivity contribution in [2.24, 2.45) is 5.73 Å². The van der Waals surface area contributed by atoms with Crippen molar-refractivity contribution in [2.75, 3.05) is 0 Å². The summed E-state index contributed by atoms with van der Waals surface area (Å²) in [6, 6.07) is 3.57. The predicted octanol–water partition coefficient (Wildman–Crippen LogP) is 2.78. The van der Waals surface area contributed by atoms with E-state index in [1.54, 1.807) is 11.3 Å². The van der Waals surface area contributed by atoms with Crippen molar-refractivity contribution in [1.82, 2.24) is 0 Å². The molecule has 3 heteroatoms. The lowest BCUT2D eigenvalue weighted by Gasteiger charge is -2.10. The van der Waals surface area contributed by atoms with Gasteiger partial charge in [-0.05, 0) is 29.3 Å². The number of hydrogen-bond donors (Lipinski definition) is 1. The van der Waals surface area contributed by atoms with Crippen molar-refractivity contribution in [1.29, 1.82) is 5.26 Å². The quantitative estimate of drug-likeness (QED) is 0.804. The van der Waals surface area contributed by atoms with Gasteiger partial charge in [-0.2, -0.15) is 5.26 Å². The Hall–Kier alpha value is -0.850. The van der Waals surface area contributed by atoms with E-state index in [0.717, 1.165) is 12.0 Å². The molecule has 0 aliphatic rings. The zero-order valence-corrected chi connectivity index (χ0v) is 8.77. The monoisotopic (exact) mass is 194 g/mol. The lowest BCUT2D eigenvalue weighted by molar-refractivity contribution is 0.731. The van der Waals surface area contributed by atoms with Gasteiger partial charge in [0.25, 0.3) is 0 Å². The van der Waals surface area contributed by atoms with Crippen LogP contribution in [0.2, 0.25) is 0 Å². The van der Waals surface area contributed by atoms with Gasteiger partial charge in [0.15, 0.2) is 0 Å². The molecule has 1 rings (SSSR count). The molecule has 1 aromatic heterocycles. The molecule has 70 valence electrons. The molecule has 0 aliphatic carbocycles. The molecule has 1 heterocycles. The maximum atomic E-state index is 8.72. The molecule has 2 nitrogen and oxygen atoms in total. The van der Waals surface area contributed by atoms with Crippen LogP contribution in [0.1, 0.15) is 42.7 Å². The Morgan fingerprint density at radius 3 is 2.92 bits per heavy atom. The first-order valence-electron chi connectivity index (χ1n) is 4.43. The van der Waals surface area contributed by atoms with Crippen LogP contribution in [0.5, 0.6) is 0 Å². The lowest BCUT2D eigenvalue weighted by atomic mass is 10.0. The molecule has 0 saturated carbocycles. The van der Waals surface area contributed by atoms with E-state index in [-0.39, 0.29) is 0 Å². The number of nitrogens with two attached hydrogens (primary N) is 1. The summed E-state index contributed by atoms with van der Waals surface area (Å²) in [4.78, 5) is 1.26. The Balaban J connectivity index is 2.97. The van der Waals surface area contributed by atoms with Gasteiger partial charge in [-0.1, -0.05) is 13.8 Å². The average Bonchev–Trinajstić information content (AvgIpc) is 2.63. The number of nitrogens with zero attached hydrogens (tertiary/aromatic N) is 1. The molecular formula is C10H14N2S. The largest absolute Gasteiger partial charge is 0.312 e. The standard InChI is InChI=1S/C10H14N2S/c1-3-7(2)10-8(4-5-13-10)9(12)6-11/h4-5,7,9H,3,12H2,1-2H3. The highest BCUT2D eigenvalue weighted by molar-refractivity contribution is 7.10. The second-order valence-electron chi connectivity index (χ2n) is 3.16. The highest BCUT2D eigenvalue weighted by atomic mass is 32.1. The highest BCUT2D eigenvalue weighted by Gasteiger charge is 2.15. The second-order valence-corrected chi connectivity index (χ2v) is 4.10. The van der Waals surface area contributed by atoms with Crippen molar-refractivity contribution in [3.8, 4) is 6.07 Å². The summed E-state index contributed by atoms with van der Waals surface area (Å²) >= 11 is 1.69. The number of hydrogen-bond acceptors (Lipinski definition) is 3. The summed E-state index contributed by atoms with van der Waals surface area (Å²) in [5.74, 6) is 0.509. The molecule has 2 atom stereocenters. The summed E-state index contributed by atoms with van der Waals surface area (Å²) in [5.41, 5.74) is 6.68. The van der Waals surface area contributed by atoms with Gasteiger partial charge in [0.05, 0.1) is 6.07 Å². The average molecular weight is 194 g/mol. The maximum absolute atomic E-state index is 8.72. The van der Waals surface area contributed by atoms with Crippen molar-refractivity contribution >= 4 is 11.3 Å². The van der Waals surface area contributed by atoms with Crippen LogP contribution in [0.15, 0.2) is 11.4 Å². The Kier molecular flexibility index (Phi) is 3.47. The van der Waals surface area contributed by atoms with E-state index >= 15 is 0 Å². The van der Waals surface area contributed by atoms with Crippen molar-refractivity contribution in [2.45, 2.75) is 32.2 Å². The highest BCUT2D eigenvalue weighted by Crippen LogP contribution is 2.30. The van der Waals surface area contributed by atoms with E-state index in [1.807, 2.05) is 11.4 Å². The molecule has 0 aromatic carbocycles. The van der Waals surface area contributed by atoms with Crippen LogP contribution in [-0.4, -0.2) is 0 Å². The Bertz CT molecular complexity index is 311. The molecular weight excluding hydrogens is 180 g/mol. The molecule has 2 unspecified atom stereocenters. The van der Waals surface area contributed by atoms with Crippen LogP contribution < -0.4 is 5.73 Å². The topological polar surface area (TPSA) is 49.8 Å². The third kappa shape index (κ3) is 2.09. The van der Waals surface area contributed by atoms with E-state index < -0.39 is 6.04 Å². The van der Waals surface area contributed by atoms with Crippen molar-refractivity contribution in [3.63, 3.8) is 0 Å². The fourth-order valence-electron chi connectivity index (χ4n) is 1.24. The third-order valence-corrected chi connectivity index (χ3v) is 3.43. The smallest absolute Gasteiger partial charge is 0.119 e. The van der Waals surface area contributed by atoms with Crippen LogP contribution >= 0.6 is 11.3 Å². The maximum Gasteiger partial charge on any atom is 0.119 e. The van der Waals surface area contributed by atoms with E-state index in [9.17, 15) is 0 Å². The number of thiophene rings is 1. The number of rotatable bonds is 3. The van der Waals surface area contributed by atoms with Gasteiger partial charge in [0, 0.05) is 4.88 Å². The summed E-state index contributed by atoms with van der Waals surface area (Å²) in [7, 11) is 0. The first-order chi connectivity index (χ1) is 6.20. The summed E-state index contributed by atoms with van der Waals surface area (Å²) in [5, 5.41) is 10.7. The van der Waals surface area contributed by atoms with Gasteiger partial charge in [0.1, 0.15) is 6.04 Å². The van der Waals surface area contributed by atoms with E-state index in [4.69, 9.17) is 11.0 Å². The molecule has 0 aliphatic heterocycles. The molecule has 0 saturated heterocycles. The van der Waals surface area contributed by atoms with Crippen molar-refractivity contribution in [3.05, 3.63) is 21.9 Å². The van der Waals surface area contributed by atoms with Gasteiger partial charge in [-0.3, -0.25) is 0 Å². The predicted molar refractivity (Wildman–Crippen MR) is 55.6 cm³/mol. The minimum absolute atomic E-state index is 0.463. The van der Waals surface area contributed by atoms with E-state index in [1.165, 1.54) is 4.88 Å². The third-order valence-electron chi connectivity index (χ3n) is 2.26. The molecule has 0 radical (unpaired) electrons. The molecule has 1 aromatic rings. The van der Waals surface area contributed by atoms with Crippen LogP contribution in [0, 0.1) is 11.3 Å². The molecule has 0 bridgehead atoms. The molecule has 2 N–H and O–H groups in total. The van der Waals surface area contributed by atoms with Crippen LogP contribution in [-0.2, 0) is 0 Å². The fourth-order valence-corrected chi connectivity index (χ4v) is 2.33. The number of nitriles is 1. The summed E-state index contributed by atoms with van der Waals surface area (Å²) < 4.78 is 0. The zero-order chi connectivity index (χ0) is 9.84. The van der Waals surface area contributed by atoms with Crippen molar-refractivity contribution < 1.29 is 0 Å². The van der Waals surface area contributed by atoms with Crippen LogP contribution in [0.25, 0.3) is 0 Å². The normalized spacial score (nSPS) is 14.9. The van der Waals surface area contributed by atoms with Crippen LogP contribution in [0.4, 0.5) is 0 Å². The first kappa shape index (κ1) is 10.2. The minimum Gasteiger partial charge on any atom is -0.312 e. The van der Waals surface area contributed by atoms with Gasteiger partial charge in [-0.25, -0.2) is 0 Å². The fraction of sp³-hybridized carbons (Fsp3) is 0.500. The lowest BCUT2D eigenvalue weighted by Crippen LogP contribution is -2.09. The van der Waals surface area contributed by atoms with E-state index in [0.29, 0.717) is 5.92 Å². The minimum atomic E-state index is -0.463. The SMILES string of the molecule is CCC(C)c1sccc1C(N)C#N.